The summed E-state index contributed by atoms with van der Waals surface area (Å²) < 4.78 is 0. The SMILES string of the molecule is C=c1cncc2c1=C(N(C)C)C(=O)N2. The third kappa shape index (κ3) is 1.08. The van der Waals surface area contributed by atoms with Gasteiger partial charge in [-0.1, -0.05) is 6.58 Å². The summed E-state index contributed by atoms with van der Waals surface area (Å²) in [6, 6.07) is 0. The number of anilines is 1. The van der Waals surface area contributed by atoms with Crippen molar-refractivity contribution >= 4 is 23.9 Å². The van der Waals surface area contributed by atoms with Crippen molar-refractivity contribution in [3.63, 3.8) is 0 Å². The van der Waals surface area contributed by atoms with Gasteiger partial charge in [-0.05, 0) is 5.22 Å². The summed E-state index contributed by atoms with van der Waals surface area (Å²) in [5.41, 5.74) is 1.39. The molecule has 0 saturated heterocycles. The molecular weight excluding hydrogens is 178 g/mol. The summed E-state index contributed by atoms with van der Waals surface area (Å²) in [5.74, 6) is -0.0945. The Morgan fingerprint density at radius 1 is 1.43 bits per heavy atom. The van der Waals surface area contributed by atoms with Gasteiger partial charge in [-0.25, -0.2) is 0 Å². The van der Waals surface area contributed by atoms with Gasteiger partial charge >= 0.3 is 0 Å². The van der Waals surface area contributed by atoms with E-state index in [-0.39, 0.29) is 5.91 Å². The molecule has 0 saturated carbocycles. The zero-order valence-corrected chi connectivity index (χ0v) is 8.16. The third-order valence-corrected chi connectivity index (χ3v) is 2.17. The number of aromatic nitrogens is 1. The number of hydrogen-bond donors (Lipinski definition) is 1. The molecule has 72 valence electrons. The first kappa shape index (κ1) is 8.74. The molecule has 4 heteroatoms. The second kappa shape index (κ2) is 2.83. The monoisotopic (exact) mass is 189 g/mol. The Morgan fingerprint density at radius 2 is 2.14 bits per heavy atom. The molecule has 1 aliphatic heterocycles. The van der Waals surface area contributed by atoms with Crippen LogP contribution >= 0.6 is 0 Å². The highest BCUT2D eigenvalue weighted by Gasteiger charge is 2.21. The van der Waals surface area contributed by atoms with Crippen molar-refractivity contribution in [2.24, 2.45) is 0 Å². The van der Waals surface area contributed by atoms with E-state index in [1.54, 1.807) is 17.3 Å². The minimum absolute atomic E-state index is 0.0945. The maximum atomic E-state index is 11.6. The first-order valence-corrected chi connectivity index (χ1v) is 4.27. The second-order valence-corrected chi connectivity index (χ2v) is 3.42. The Labute approximate surface area is 81.6 Å². The van der Waals surface area contributed by atoms with E-state index in [0.29, 0.717) is 5.70 Å². The second-order valence-electron chi connectivity index (χ2n) is 3.42. The van der Waals surface area contributed by atoms with E-state index in [1.165, 1.54) is 0 Å². The van der Waals surface area contributed by atoms with Crippen LogP contribution in [0.15, 0.2) is 12.4 Å². The maximum absolute atomic E-state index is 11.6. The van der Waals surface area contributed by atoms with Crippen molar-refractivity contribution < 1.29 is 4.79 Å². The number of rotatable bonds is 1. The number of carbonyl (C=O) groups is 1. The molecule has 0 aliphatic carbocycles. The normalized spacial score (nSPS) is 13.9. The molecule has 0 aromatic carbocycles. The quantitative estimate of drug-likeness (QED) is 0.623. The molecule has 1 aliphatic rings. The van der Waals surface area contributed by atoms with Crippen LogP contribution in [-0.2, 0) is 4.79 Å². The molecular formula is C10H11N3O. The van der Waals surface area contributed by atoms with Gasteiger partial charge in [0.15, 0.2) is 0 Å². The van der Waals surface area contributed by atoms with Crippen LogP contribution in [0.4, 0.5) is 5.69 Å². The molecule has 1 N–H and O–H groups in total. The number of carbonyl (C=O) groups excluding carboxylic acids is 1. The molecule has 0 radical (unpaired) electrons. The molecule has 2 heterocycles. The fraction of sp³-hybridized carbons (Fsp3) is 0.200. The van der Waals surface area contributed by atoms with Crippen LogP contribution < -0.4 is 15.8 Å². The van der Waals surface area contributed by atoms with E-state index in [4.69, 9.17) is 0 Å². The number of pyridine rings is 1. The molecule has 4 nitrogen and oxygen atoms in total. The zero-order valence-electron chi connectivity index (χ0n) is 8.16. The first-order valence-electron chi connectivity index (χ1n) is 4.27. The van der Waals surface area contributed by atoms with Crippen molar-refractivity contribution in [2.45, 2.75) is 0 Å². The van der Waals surface area contributed by atoms with Gasteiger partial charge in [-0.3, -0.25) is 9.78 Å². The van der Waals surface area contributed by atoms with Gasteiger partial charge < -0.3 is 10.2 Å². The summed E-state index contributed by atoms with van der Waals surface area (Å²) in [4.78, 5) is 17.3. The number of likely N-dealkylation sites (N-methyl/N-ethyl adjacent to an activating group) is 1. The van der Waals surface area contributed by atoms with Crippen LogP contribution in [0.1, 0.15) is 0 Å². The summed E-state index contributed by atoms with van der Waals surface area (Å²) >= 11 is 0. The number of amides is 1. The highest BCUT2D eigenvalue weighted by atomic mass is 16.2. The summed E-state index contributed by atoms with van der Waals surface area (Å²) in [6.07, 6.45) is 3.29. The summed E-state index contributed by atoms with van der Waals surface area (Å²) in [7, 11) is 3.67. The molecule has 1 aromatic rings. The van der Waals surface area contributed by atoms with E-state index in [9.17, 15) is 4.79 Å². The van der Waals surface area contributed by atoms with E-state index < -0.39 is 0 Å². The molecule has 2 rings (SSSR count). The molecule has 14 heavy (non-hydrogen) atoms. The van der Waals surface area contributed by atoms with Crippen LogP contribution in [0.5, 0.6) is 0 Å². The lowest BCUT2D eigenvalue weighted by molar-refractivity contribution is -0.111. The Bertz CT molecular complexity index is 505. The fourth-order valence-corrected chi connectivity index (χ4v) is 1.60. The predicted molar refractivity (Wildman–Crippen MR) is 54.7 cm³/mol. The number of nitrogens with zero attached hydrogens (tertiary/aromatic N) is 2. The van der Waals surface area contributed by atoms with Crippen molar-refractivity contribution in [3.8, 4) is 0 Å². The van der Waals surface area contributed by atoms with Crippen molar-refractivity contribution in [3.05, 3.63) is 22.8 Å². The van der Waals surface area contributed by atoms with E-state index in [0.717, 1.165) is 16.1 Å². The average molecular weight is 189 g/mol. The Morgan fingerprint density at radius 3 is 2.79 bits per heavy atom. The lowest BCUT2D eigenvalue weighted by Crippen LogP contribution is -2.30. The van der Waals surface area contributed by atoms with Gasteiger partial charge in [-0.15, -0.1) is 0 Å². The molecule has 0 unspecified atom stereocenters. The maximum Gasteiger partial charge on any atom is 0.272 e. The Hall–Kier alpha value is -1.84. The molecule has 0 spiro atoms. The molecule has 1 aromatic heterocycles. The Balaban J connectivity index is 2.88. The minimum Gasteiger partial charge on any atom is -0.373 e. The first-order chi connectivity index (χ1) is 6.61. The van der Waals surface area contributed by atoms with Crippen LogP contribution in [0.2, 0.25) is 0 Å². The van der Waals surface area contributed by atoms with Crippen LogP contribution in [0.3, 0.4) is 0 Å². The largest absolute Gasteiger partial charge is 0.373 e. The highest BCUT2D eigenvalue weighted by Crippen LogP contribution is 2.10. The van der Waals surface area contributed by atoms with Gasteiger partial charge in [0, 0.05) is 25.5 Å². The third-order valence-electron chi connectivity index (χ3n) is 2.17. The van der Waals surface area contributed by atoms with E-state index in [1.807, 2.05) is 14.1 Å². The Kier molecular flexibility index (Phi) is 1.77. The average Bonchev–Trinajstić information content (AvgIpc) is 2.42. The fourth-order valence-electron chi connectivity index (χ4n) is 1.60. The molecule has 1 amide bonds. The van der Waals surface area contributed by atoms with Gasteiger partial charge in [0.05, 0.1) is 11.9 Å². The minimum atomic E-state index is -0.0945. The van der Waals surface area contributed by atoms with Crippen molar-refractivity contribution in [1.29, 1.82) is 0 Å². The highest BCUT2D eigenvalue weighted by molar-refractivity contribution is 6.23. The molecule has 0 atom stereocenters. The topological polar surface area (TPSA) is 45.2 Å². The standard InChI is InChI=1S/C10H11N3O/c1-6-4-11-5-7-8(6)9(13(2)3)10(14)12-7/h4-5H,1H2,2-3H3,(H,12,14). The molecule has 0 fully saturated rings. The van der Waals surface area contributed by atoms with Crippen LogP contribution in [0, 0.1) is 0 Å². The van der Waals surface area contributed by atoms with Gasteiger partial charge in [-0.2, -0.15) is 0 Å². The number of hydrogen-bond acceptors (Lipinski definition) is 3. The van der Waals surface area contributed by atoms with Gasteiger partial charge in [0.1, 0.15) is 5.70 Å². The lowest BCUT2D eigenvalue weighted by Gasteiger charge is -2.10. The van der Waals surface area contributed by atoms with Crippen molar-refractivity contribution in [1.82, 2.24) is 9.88 Å². The zero-order chi connectivity index (χ0) is 10.3. The predicted octanol–water partition coefficient (Wildman–Crippen LogP) is -0.886. The van der Waals surface area contributed by atoms with Crippen LogP contribution in [-0.4, -0.2) is 29.9 Å². The summed E-state index contributed by atoms with van der Waals surface area (Å²) in [5, 5.41) is 4.37. The van der Waals surface area contributed by atoms with Gasteiger partial charge in [0.2, 0.25) is 0 Å². The lowest BCUT2D eigenvalue weighted by atomic mass is 10.2. The van der Waals surface area contributed by atoms with E-state index in [2.05, 4.69) is 16.9 Å². The smallest absolute Gasteiger partial charge is 0.272 e. The number of nitrogens with one attached hydrogen (secondary N) is 1. The van der Waals surface area contributed by atoms with Crippen LogP contribution in [0.25, 0.3) is 12.3 Å². The van der Waals surface area contributed by atoms with Gasteiger partial charge in [0.25, 0.3) is 5.91 Å². The number of fused-ring (bicyclic) bond motifs is 1. The summed E-state index contributed by atoms with van der Waals surface area (Å²) in [6.45, 7) is 3.86. The van der Waals surface area contributed by atoms with E-state index >= 15 is 0 Å². The van der Waals surface area contributed by atoms with Crippen molar-refractivity contribution in [2.75, 3.05) is 19.4 Å². The molecule has 0 bridgehead atoms.